The molecule has 0 saturated heterocycles. The van der Waals surface area contributed by atoms with E-state index in [1.807, 2.05) is 48.5 Å². The Morgan fingerprint density at radius 1 is 1.07 bits per heavy atom. The lowest BCUT2D eigenvalue weighted by Gasteiger charge is -2.14. The number of fused-ring (bicyclic) bond motifs is 1. The molecular formula is C21H20ClN3O3. The molecule has 1 aliphatic rings. The number of benzene rings is 2. The summed E-state index contributed by atoms with van der Waals surface area (Å²) in [5.74, 6) is 1.47. The average molecular weight is 398 g/mol. The molecule has 0 aliphatic carbocycles. The van der Waals surface area contributed by atoms with Gasteiger partial charge in [-0.2, -0.15) is 5.10 Å². The van der Waals surface area contributed by atoms with Crippen molar-refractivity contribution >= 4 is 17.3 Å². The molecule has 0 bridgehead atoms. The molecule has 3 aromatic rings. The van der Waals surface area contributed by atoms with E-state index in [-0.39, 0.29) is 10.6 Å². The van der Waals surface area contributed by atoms with Gasteiger partial charge in [-0.25, -0.2) is 4.68 Å². The third-order valence-corrected chi connectivity index (χ3v) is 4.85. The fourth-order valence-electron chi connectivity index (χ4n) is 3.04. The number of halogens is 1. The summed E-state index contributed by atoms with van der Waals surface area (Å²) in [6, 6.07) is 15.4. The molecule has 6 nitrogen and oxygen atoms in total. The summed E-state index contributed by atoms with van der Waals surface area (Å²) in [5, 5.41) is 7.55. The van der Waals surface area contributed by atoms with Crippen molar-refractivity contribution in [3.8, 4) is 11.5 Å². The molecule has 0 radical (unpaired) electrons. The van der Waals surface area contributed by atoms with Gasteiger partial charge in [0.15, 0.2) is 11.5 Å². The van der Waals surface area contributed by atoms with Crippen molar-refractivity contribution < 1.29 is 9.47 Å². The van der Waals surface area contributed by atoms with Crippen LogP contribution >= 0.6 is 11.6 Å². The molecule has 0 spiro atoms. The topological polar surface area (TPSA) is 65.4 Å². The van der Waals surface area contributed by atoms with Gasteiger partial charge in [0.2, 0.25) is 0 Å². The van der Waals surface area contributed by atoms with E-state index in [2.05, 4.69) is 10.4 Å². The summed E-state index contributed by atoms with van der Waals surface area (Å²) < 4.78 is 12.9. The lowest BCUT2D eigenvalue weighted by Crippen LogP contribution is -2.24. The van der Waals surface area contributed by atoms with Crippen molar-refractivity contribution in [3.05, 3.63) is 81.2 Å². The Labute approximate surface area is 167 Å². The van der Waals surface area contributed by atoms with Gasteiger partial charge in [0.05, 0.1) is 31.6 Å². The van der Waals surface area contributed by atoms with Gasteiger partial charge in [-0.1, -0.05) is 54.1 Å². The van der Waals surface area contributed by atoms with Gasteiger partial charge in [-0.15, -0.1) is 0 Å². The number of nitrogens with one attached hydrogen (secondary N) is 1. The Hall–Kier alpha value is -2.99. The molecule has 1 aliphatic heterocycles. The van der Waals surface area contributed by atoms with Gasteiger partial charge >= 0.3 is 0 Å². The largest absolute Gasteiger partial charge is 0.490 e. The predicted molar refractivity (Wildman–Crippen MR) is 108 cm³/mol. The third kappa shape index (κ3) is 3.97. The Morgan fingerprint density at radius 2 is 1.89 bits per heavy atom. The molecule has 0 unspecified atom stereocenters. The quantitative estimate of drug-likeness (QED) is 0.710. The average Bonchev–Trinajstić information content (AvgIpc) is 2.98. The molecule has 28 heavy (non-hydrogen) atoms. The number of hydrogen-bond acceptors (Lipinski definition) is 5. The van der Waals surface area contributed by atoms with Crippen molar-refractivity contribution in [1.29, 1.82) is 0 Å². The first kappa shape index (κ1) is 18.4. The van der Waals surface area contributed by atoms with Crippen LogP contribution in [0.3, 0.4) is 0 Å². The van der Waals surface area contributed by atoms with E-state index >= 15 is 0 Å². The summed E-state index contributed by atoms with van der Waals surface area (Å²) >= 11 is 6.31. The molecule has 4 rings (SSSR count). The molecule has 0 fully saturated rings. The second-order valence-electron chi connectivity index (χ2n) is 6.47. The highest BCUT2D eigenvalue weighted by molar-refractivity contribution is 6.32. The molecule has 1 aromatic heterocycles. The first-order chi connectivity index (χ1) is 13.7. The van der Waals surface area contributed by atoms with Gasteiger partial charge < -0.3 is 14.8 Å². The van der Waals surface area contributed by atoms with E-state index in [9.17, 15) is 4.79 Å². The van der Waals surface area contributed by atoms with E-state index in [0.717, 1.165) is 29.0 Å². The summed E-state index contributed by atoms with van der Waals surface area (Å²) in [4.78, 5) is 12.6. The SMILES string of the molecule is O=c1c(Cl)c(NCc2cccc3c2OCCCO3)cnn1Cc1ccccc1. The molecule has 144 valence electrons. The maximum atomic E-state index is 12.6. The van der Waals surface area contributed by atoms with Gasteiger partial charge in [-0.05, 0) is 11.6 Å². The Balaban J connectivity index is 1.52. The third-order valence-electron chi connectivity index (χ3n) is 4.48. The molecule has 2 aromatic carbocycles. The van der Waals surface area contributed by atoms with Crippen LogP contribution in [0.5, 0.6) is 11.5 Å². The normalized spacial score (nSPS) is 13.0. The number of aromatic nitrogens is 2. The summed E-state index contributed by atoms with van der Waals surface area (Å²) in [6.45, 7) is 2.06. The first-order valence-corrected chi connectivity index (χ1v) is 9.51. The smallest absolute Gasteiger partial charge is 0.287 e. The number of para-hydroxylation sites is 1. The van der Waals surface area contributed by atoms with Crippen LogP contribution in [-0.2, 0) is 13.1 Å². The van der Waals surface area contributed by atoms with Crippen LogP contribution in [0.1, 0.15) is 17.5 Å². The zero-order valence-electron chi connectivity index (χ0n) is 15.2. The van der Waals surface area contributed by atoms with Crippen LogP contribution in [0.15, 0.2) is 59.5 Å². The number of hydrogen-bond donors (Lipinski definition) is 1. The molecule has 0 amide bonds. The van der Waals surface area contributed by atoms with Crippen molar-refractivity contribution in [2.45, 2.75) is 19.5 Å². The minimum Gasteiger partial charge on any atom is -0.490 e. The molecular weight excluding hydrogens is 378 g/mol. The number of rotatable bonds is 5. The van der Waals surface area contributed by atoms with Crippen LogP contribution in [0.25, 0.3) is 0 Å². The second kappa shape index (κ2) is 8.35. The lowest BCUT2D eigenvalue weighted by molar-refractivity contribution is 0.296. The van der Waals surface area contributed by atoms with Crippen LogP contribution in [0, 0.1) is 0 Å². The Bertz CT molecular complexity index is 1020. The van der Waals surface area contributed by atoms with Crippen LogP contribution < -0.4 is 20.3 Å². The number of anilines is 1. The van der Waals surface area contributed by atoms with Gasteiger partial charge in [-0.3, -0.25) is 4.79 Å². The Morgan fingerprint density at radius 3 is 2.75 bits per heavy atom. The monoisotopic (exact) mass is 397 g/mol. The fraction of sp³-hybridized carbons (Fsp3) is 0.238. The van der Waals surface area contributed by atoms with Gasteiger partial charge in [0.25, 0.3) is 5.56 Å². The maximum Gasteiger partial charge on any atom is 0.287 e. The lowest BCUT2D eigenvalue weighted by atomic mass is 10.2. The van der Waals surface area contributed by atoms with E-state index in [1.54, 1.807) is 6.20 Å². The van der Waals surface area contributed by atoms with Crippen molar-refractivity contribution in [2.24, 2.45) is 0 Å². The molecule has 0 atom stereocenters. The van der Waals surface area contributed by atoms with E-state index in [0.29, 0.717) is 32.0 Å². The number of nitrogens with zero attached hydrogens (tertiary/aromatic N) is 2. The zero-order chi connectivity index (χ0) is 19.3. The molecule has 2 heterocycles. The molecule has 1 N–H and O–H groups in total. The van der Waals surface area contributed by atoms with Crippen LogP contribution in [0.2, 0.25) is 5.02 Å². The van der Waals surface area contributed by atoms with Crippen LogP contribution in [0.4, 0.5) is 5.69 Å². The number of ether oxygens (including phenoxy) is 2. The zero-order valence-corrected chi connectivity index (χ0v) is 16.0. The highest BCUT2D eigenvalue weighted by Crippen LogP contribution is 2.33. The fourth-order valence-corrected chi connectivity index (χ4v) is 3.25. The van der Waals surface area contributed by atoms with Crippen molar-refractivity contribution in [1.82, 2.24) is 9.78 Å². The van der Waals surface area contributed by atoms with E-state index in [1.165, 1.54) is 4.68 Å². The second-order valence-corrected chi connectivity index (χ2v) is 6.85. The maximum absolute atomic E-state index is 12.6. The summed E-state index contributed by atoms with van der Waals surface area (Å²) in [7, 11) is 0. The minimum absolute atomic E-state index is 0.116. The van der Waals surface area contributed by atoms with Crippen molar-refractivity contribution in [2.75, 3.05) is 18.5 Å². The highest BCUT2D eigenvalue weighted by Gasteiger charge is 2.15. The standard InChI is InChI=1S/C21H20ClN3O3/c22-19-17(13-24-25(21(19)26)14-15-6-2-1-3-7-15)23-12-16-8-4-9-18-20(16)28-11-5-10-27-18/h1-4,6-9,13,23H,5,10-12,14H2. The summed E-state index contributed by atoms with van der Waals surface area (Å²) in [5.41, 5.74) is 2.08. The van der Waals surface area contributed by atoms with Crippen molar-refractivity contribution in [3.63, 3.8) is 0 Å². The van der Waals surface area contributed by atoms with Gasteiger partial charge in [0, 0.05) is 18.5 Å². The van der Waals surface area contributed by atoms with E-state index < -0.39 is 0 Å². The summed E-state index contributed by atoms with van der Waals surface area (Å²) in [6.07, 6.45) is 2.42. The Kier molecular flexibility index (Phi) is 5.48. The highest BCUT2D eigenvalue weighted by atomic mass is 35.5. The molecule has 0 saturated carbocycles. The van der Waals surface area contributed by atoms with E-state index in [4.69, 9.17) is 21.1 Å². The van der Waals surface area contributed by atoms with Crippen LogP contribution in [-0.4, -0.2) is 23.0 Å². The minimum atomic E-state index is -0.331. The molecule has 7 heteroatoms. The predicted octanol–water partition coefficient (Wildman–Crippen LogP) is 3.72. The van der Waals surface area contributed by atoms with Gasteiger partial charge in [0.1, 0.15) is 5.02 Å². The first-order valence-electron chi connectivity index (χ1n) is 9.13.